The second-order valence-electron chi connectivity index (χ2n) is 4.58. The maximum absolute atomic E-state index is 12.9. The molecule has 2 aromatic heterocycles. The smallest absolute Gasteiger partial charge is 0.370 e. The lowest BCUT2D eigenvalue weighted by atomic mass is 10.2. The maximum atomic E-state index is 12.9. The van der Waals surface area contributed by atoms with Crippen molar-refractivity contribution in [1.29, 1.82) is 0 Å². The average molecular weight is 332 g/mol. The number of hydrogen-bond donors (Lipinski definition) is 1. The summed E-state index contributed by atoms with van der Waals surface area (Å²) in [6.07, 6.45) is -1.04. The highest BCUT2D eigenvalue weighted by molar-refractivity contribution is 9.10. The largest absolute Gasteiger partial charge is 0.411 e. The van der Waals surface area contributed by atoms with Crippen LogP contribution in [0.4, 0.5) is 18.9 Å². The number of pyridine rings is 2. The summed E-state index contributed by atoms with van der Waals surface area (Å²) in [6, 6.07) is 3.25. The molecule has 1 fully saturated rings. The molecule has 1 saturated carbocycles. The zero-order valence-electron chi connectivity index (χ0n) is 9.63. The Kier molecular flexibility index (Phi) is 2.70. The fourth-order valence-electron chi connectivity index (χ4n) is 1.97. The molecule has 1 aliphatic rings. The van der Waals surface area contributed by atoms with Gasteiger partial charge in [-0.2, -0.15) is 13.2 Å². The Bertz CT molecular complexity index is 638. The molecule has 0 aliphatic heterocycles. The van der Waals surface area contributed by atoms with Crippen LogP contribution in [-0.2, 0) is 0 Å². The molecule has 0 bridgehead atoms. The lowest BCUT2D eigenvalue weighted by Gasteiger charge is -2.22. The Balaban J connectivity index is 2.03. The van der Waals surface area contributed by atoms with Crippen LogP contribution < -0.4 is 5.32 Å². The zero-order valence-corrected chi connectivity index (χ0v) is 11.2. The third-order valence-electron chi connectivity index (χ3n) is 3.21. The van der Waals surface area contributed by atoms with Gasteiger partial charge in [0.1, 0.15) is 11.1 Å². The van der Waals surface area contributed by atoms with Gasteiger partial charge in [0, 0.05) is 16.9 Å². The summed E-state index contributed by atoms with van der Waals surface area (Å²) in [5.74, 6) is 0. The molecule has 2 aromatic rings. The number of nitrogens with one attached hydrogen (secondary N) is 1. The first-order chi connectivity index (χ1) is 8.91. The highest BCUT2D eigenvalue weighted by Gasteiger charge is 2.63. The lowest BCUT2D eigenvalue weighted by Crippen LogP contribution is -2.38. The summed E-state index contributed by atoms with van der Waals surface area (Å²) in [4.78, 5) is 8.24. The minimum absolute atomic E-state index is 0.0941. The van der Waals surface area contributed by atoms with Crippen molar-refractivity contribution in [3.63, 3.8) is 0 Å². The van der Waals surface area contributed by atoms with Gasteiger partial charge in [0.2, 0.25) is 0 Å². The minimum Gasteiger partial charge on any atom is -0.370 e. The summed E-state index contributed by atoms with van der Waals surface area (Å²) in [7, 11) is 0. The highest BCUT2D eigenvalue weighted by Crippen LogP contribution is 2.51. The number of hydrogen-bond acceptors (Lipinski definition) is 3. The molecule has 0 unspecified atom stereocenters. The van der Waals surface area contributed by atoms with Crippen molar-refractivity contribution in [1.82, 2.24) is 9.97 Å². The lowest BCUT2D eigenvalue weighted by molar-refractivity contribution is -0.151. The van der Waals surface area contributed by atoms with Gasteiger partial charge in [-0.25, -0.2) is 0 Å². The Morgan fingerprint density at radius 1 is 1.26 bits per heavy atom. The van der Waals surface area contributed by atoms with Gasteiger partial charge in [-0.3, -0.25) is 9.97 Å². The van der Waals surface area contributed by atoms with Crippen molar-refractivity contribution < 1.29 is 13.2 Å². The van der Waals surface area contributed by atoms with E-state index in [0.29, 0.717) is 16.7 Å². The van der Waals surface area contributed by atoms with Crippen LogP contribution in [0.2, 0.25) is 0 Å². The molecular weight excluding hydrogens is 323 g/mol. The van der Waals surface area contributed by atoms with E-state index >= 15 is 0 Å². The van der Waals surface area contributed by atoms with Gasteiger partial charge in [0.25, 0.3) is 0 Å². The van der Waals surface area contributed by atoms with Crippen molar-refractivity contribution in [2.75, 3.05) is 5.32 Å². The molecule has 100 valence electrons. The molecule has 0 aromatic carbocycles. The van der Waals surface area contributed by atoms with Gasteiger partial charge in [0.15, 0.2) is 0 Å². The Labute approximate surface area is 115 Å². The van der Waals surface area contributed by atoms with Crippen molar-refractivity contribution in [2.45, 2.75) is 24.6 Å². The number of alkyl halides is 3. The third kappa shape index (κ3) is 2.16. The number of anilines is 1. The van der Waals surface area contributed by atoms with E-state index in [1.165, 1.54) is 12.3 Å². The fourth-order valence-corrected chi connectivity index (χ4v) is 2.29. The van der Waals surface area contributed by atoms with Crippen LogP contribution in [0.3, 0.4) is 0 Å². The van der Waals surface area contributed by atoms with Crippen LogP contribution in [0.5, 0.6) is 0 Å². The fraction of sp³-hybridized carbons (Fsp3) is 0.333. The van der Waals surface area contributed by atoms with E-state index in [1.807, 2.05) is 0 Å². The Morgan fingerprint density at radius 2 is 2.00 bits per heavy atom. The predicted molar refractivity (Wildman–Crippen MR) is 68.9 cm³/mol. The number of nitrogens with zero attached hydrogens (tertiary/aromatic N) is 2. The molecule has 0 spiro atoms. The van der Waals surface area contributed by atoms with Crippen molar-refractivity contribution in [2.24, 2.45) is 0 Å². The van der Waals surface area contributed by atoms with E-state index in [1.54, 1.807) is 12.3 Å². The van der Waals surface area contributed by atoms with Crippen LogP contribution in [0.25, 0.3) is 11.0 Å². The molecule has 2 heterocycles. The average Bonchev–Trinajstić information content (AvgIpc) is 3.09. The molecule has 0 atom stereocenters. The van der Waals surface area contributed by atoms with Crippen LogP contribution in [-0.4, -0.2) is 21.7 Å². The minimum atomic E-state index is -4.25. The third-order valence-corrected chi connectivity index (χ3v) is 3.64. The van der Waals surface area contributed by atoms with Crippen LogP contribution >= 0.6 is 15.9 Å². The molecular formula is C12H9BrF3N3. The van der Waals surface area contributed by atoms with Gasteiger partial charge in [-0.15, -0.1) is 0 Å². The van der Waals surface area contributed by atoms with E-state index < -0.39 is 11.7 Å². The first kappa shape index (κ1) is 12.7. The van der Waals surface area contributed by atoms with Gasteiger partial charge in [-0.1, -0.05) is 0 Å². The van der Waals surface area contributed by atoms with Crippen molar-refractivity contribution in [3.8, 4) is 0 Å². The van der Waals surface area contributed by atoms with Gasteiger partial charge in [0.05, 0.1) is 11.2 Å². The number of fused-ring (bicyclic) bond motifs is 1. The first-order valence-corrected chi connectivity index (χ1v) is 6.46. The Morgan fingerprint density at radius 3 is 2.63 bits per heavy atom. The molecule has 0 radical (unpaired) electrons. The van der Waals surface area contributed by atoms with Gasteiger partial charge in [-0.05, 0) is 40.9 Å². The maximum Gasteiger partial charge on any atom is 0.411 e. The number of rotatable bonds is 2. The Hall–Kier alpha value is -1.37. The quantitative estimate of drug-likeness (QED) is 0.906. The summed E-state index contributed by atoms with van der Waals surface area (Å²) in [5, 5.41) is 2.59. The summed E-state index contributed by atoms with van der Waals surface area (Å²) in [6.45, 7) is 0. The highest BCUT2D eigenvalue weighted by atomic mass is 79.9. The van der Waals surface area contributed by atoms with Gasteiger partial charge >= 0.3 is 6.18 Å². The second kappa shape index (κ2) is 4.06. The first-order valence-electron chi connectivity index (χ1n) is 5.66. The number of aromatic nitrogens is 2. The van der Waals surface area contributed by atoms with E-state index in [2.05, 4.69) is 31.2 Å². The normalized spacial score (nSPS) is 17.5. The van der Waals surface area contributed by atoms with E-state index in [9.17, 15) is 13.2 Å². The zero-order chi connectivity index (χ0) is 13.7. The van der Waals surface area contributed by atoms with Crippen LogP contribution in [0, 0.1) is 0 Å². The second-order valence-corrected chi connectivity index (χ2v) is 5.50. The van der Waals surface area contributed by atoms with Gasteiger partial charge < -0.3 is 5.32 Å². The van der Waals surface area contributed by atoms with E-state index in [-0.39, 0.29) is 12.8 Å². The molecule has 0 amide bonds. The van der Waals surface area contributed by atoms with Crippen molar-refractivity contribution >= 4 is 32.7 Å². The topological polar surface area (TPSA) is 37.8 Å². The van der Waals surface area contributed by atoms with Crippen molar-refractivity contribution in [3.05, 3.63) is 29.0 Å². The van der Waals surface area contributed by atoms with Crippen LogP contribution in [0.1, 0.15) is 12.8 Å². The predicted octanol–water partition coefficient (Wildman–Crippen LogP) is 3.90. The molecule has 7 heteroatoms. The molecule has 1 aliphatic carbocycles. The summed E-state index contributed by atoms with van der Waals surface area (Å²) >= 11 is 3.26. The number of halogens is 4. The van der Waals surface area contributed by atoms with E-state index in [4.69, 9.17) is 0 Å². The molecule has 1 N–H and O–H groups in total. The summed E-state index contributed by atoms with van der Waals surface area (Å²) in [5.41, 5.74) is -0.429. The summed E-state index contributed by atoms with van der Waals surface area (Å²) < 4.78 is 39.6. The van der Waals surface area contributed by atoms with Crippen LogP contribution in [0.15, 0.2) is 29.0 Å². The molecule has 0 saturated heterocycles. The SMILES string of the molecule is FC(F)(F)C1(Nc2ccnc3cc(Br)cnc23)CC1. The molecule has 3 rings (SSSR count). The standard InChI is InChI=1S/C12H9BrF3N3/c13-7-5-9-10(18-6-7)8(1-4-17-9)19-11(2-3-11)12(14,15)16/h1,4-6H,2-3H2,(H,17,19). The molecule has 3 nitrogen and oxygen atoms in total. The van der Waals surface area contributed by atoms with E-state index in [0.717, 1.165) is 4.47 Å². The molecule has 19 heavy (non-hydrogen) atoms. The monoisotopic (exact) mass is 331 g/mol.